The van der Waals surface area contributed by atoms with E-state index in [1.165, 1.54) is 11.8 Å². The molecule has 1 aliphatic heterocycles. The van der Waals surface area contributed by atoms with Crippen molar-refractivity contribution in [3.8, 4) is 0 Å². The first-order chi connectivity index (χ1) is 13.9. The van der Waals surface area contributed by atoms with Crippen molar-refractivity contribution in [2.45, 2.75) is 51.6 Å². The first-order valence-electron chi connectivity index (χ1n) is 9.76. The first kappa shape index (κ1) is 19.6. The van der Waals surface area contributed by atoms with Gasteiger partial charge in [-0.05, 0) is 38.2 Å². The van der Waals surface area contributed by atoms with Crippen LogP contribution in [0.4, 0.5) is 4.79 Å². The van der Waals surface area contributed by atoms with Crippen LogP contribution < -0.4 is 10.9 Å². The third-order valence-corrected chi connectivity index (χ3v) is 6.40. The highest BCUT2D eigenvalue weighted by Gasteiger charge is 2.31. The lowest BCUT2D eigenvalue weighted by atomic mass is 9.97. The van der Waals surface area contributed by atoms with E-state index < -0.39 is 24.0 Å². The minimum atomic E-state index is -1.05. The summed E-state index contributed by atoms with van der Waals surface area (Å²) in [5.41, 5.74) is 0.954. The van der Waals surface area contributed by atoms with Gasteiger partial charge in [0, 0.05) is 24.4 Å². The zero-order valence-electron chi connectivity index (χ0n) is 16.1. The van der Waals surface area contributed by atoms with Gasteiger partial charge in [-0.1, -0.05) is 0 Å². The van der Waals surface area contributed by atoms with Gasteiger partial charge in [0.2, 0.25) is 0 Å². The van der Waals surface area contributed by atoms with Crippen LogP contribution in [0.2, 0.25) is 0 Å². The zero-order valence-corrected chi connectivity index (χ0v) is 16.9. The van der Waals surface area contributed by atoms with Gasteiger partial charge in [-0.2, -0.15) is 0 Å². The number of carbonyl (C=O) groups excluding carboxylic acids is 3. The molecule has 0 spiro atoms. The molecule has 0 saturated carbocycles. The standard InChI is InChI=1S/C19H22N4O5S/c1-10(18(26)23-9-8-20-19(23)27)28-14(24)7-6-13-21-16(25)15-11-4-2-3-5-12(11)29-17(15)22-13/h10H,2-9H2,1H3,(H,20,27)(H,21,22,25)/t10-/m1/s1. The Hall–Kier alpha value is -2.75. The van der Waals surface area contributed by atoms with E-state index in [1.54, 1.807) is 11.3 Å². The van der Waals surface area contributed by atoms with E-state index in [-0.39, 0.29) is 24.9 Å². The van der Waals surface area contributed by atoms with Gasteiger partial charge in [-0.15, -0.1) is 11.3 Å². The molecule has 154 valence electrons. The van der Waals surface area contributed by atoms with Crippen molar-refractivity contribution in [2.24, 2.45) is 0 Å². The van der Waals surface area contributed by atoms with E-state index in [0.29, 0.717) is 22.6 Å². The summed E-state index contributed by atoms with van der Waals surface area (Å²) >= 11 is 1.56. The van der Waals surface area contributed by atoms with E-state index in [9.17, 15) is 19.2 Å². The molecule has 2 N–H and O–H groups in total. The summed E-state index contributed by atoms with van der Waals surface area (Å²) in [6.07, 6.45) is 3.24. The smallest absolute Gasteiger partial charge is 0.324 e. The Morgan fingerprint density at radius 3 is 2.83 bits per heavy atom. The monoisotopic (exact) mass is 418 g/mol. The fraction of sp³-hybridized carbons (Fsp3) is 0.526. The summed E-state index contributed by atoms with van der Waals surface area (Å²) in [5, 5.41) is 3.21. The molecule has 10 heteroatoms. The molecule has 1 saturated heterocycles. The normalized spacial score (nSPS) is 17.1. The van der Waals surface area contributed by atoms with Gasteiger partial charge in [-0.25, -0.2) is 9.78 Å². The third-order valence-electron chi connectivity index (χ3n) is 5.22. The Morgan fingerprint density at radius 1 is 1.28 bits per heavy atom. The molecule has 2 aromatic rings. The molecule has 1 atom stereocenters. The molecular formula is C19H22N4O5S. The molecule has 3 heterocycles. The molecular weight excluding hydrogens is 396 g/mol. The van der Waals surface area contributed by atoms with Crippen LogP contribution >= 0.6 is 11.3 Å². The minimum Gasteiger partial charge on any atom is -0.453 e. The molecule has 2 aromatic heterocycles. The molecule has 0 unspecified atom stereocenters. The molecule has 1 aliphatic carbocycles. The Bertz CT molecular complexity index is 1040. The number of H-pyrrole nitrogens is 1. The summed E-state index contributed by atoms with van der Waals surface area (Å²) in [6.45, 7) is 2.09. The summed E-state index contributed by atoms with van der Waals surface area (Å²) in [5.74, 6) is -0.708. The van der Waals surface area contributed by atoms with Gasteiger partial charge in [-0.3, -0.25) is 19.3 Å². The van der Waals surface area contributed by atoms with Crippen LogP contribution in [0, 0.1) is 0 Å². The average Bonchev–Trinajstić information content (AvgIpc) is 3.28. The number of amides is 3. The number of rotatable bonds is 5. The van der Waals surface area contributed by atoms with Crippen LogP contribution in [0.3, 0.4) is 0 Å². The fourth-order valence-electron chi connectivity index (χ4n) is 3.76. The summed E-state index contributed by atoms with van der Waals surface area (Å²) in [7, 11) is 0. The van der Waals surface area contributed by atoms with Crippen molar-refractivity contribution < 1.29 is 19.1 Å². The van der Waals surface area contributed by atoms with Gasteiger partial charge < -0.3 is 15.0 Å². The van der Waals surface area contributed by atoms with Crippen molar-refractivity contribution in [2.75, 3.05) is 13.1 Å². The lowest BCUT2D eigenvalue weighted by molar-refractivity contribution is -0.157. The van der Waals surface area contributed by atoms with E-state index in [1.807, 2.05) is 0 Å². The predicted octanol–water partition coefficient (Wildman–Crippen LogP) is 1.28. The number of hydrogen-bond acceptors (Lipinski definition) is 7. The number of imide groups is 1. The number of ether oxygens (including phenoxy) is 1. The highest BCUT2D eigenvalue weighted by Crippen LogP contribution is 2.33. The number of carbonyl (C=O) groups is 3. The molecule has 0 bridgehead atoms. The van der Waals surface area contributed by atoms with Crippen molar-refractivity contribution in [3.05, 3.63) is 26.6 Å². The van der Waals surface area contributed by atoms with Crippen molar-refractivity contribution >= 4 is 39.5 Å². The van der Waals surface area contributed by atoms with Crippen molar-refractivity contribution in [1.29, 1.82) is 0 Å². The molecule has 0 aromatic carbocycles. The molecule has 4 rings (SSSR count). The van der Waals surface area contributed by atoms with Gasteiger partial charge in [0.1, 0.15) is 10.7 Å². The molecule has 29 heavy (non-hydrogen) atoms. The second-order valence-corrected chi connectivity index (χ2v) is 8.34. The number of nitrogens with zero attached hydrogens (tertiary/aromatic N) is 2. The van der Waals surface area contributed by atoms with E-state index in [4.69, 9.17) is 4.74 Å². The highest BCUT2D eigenvalue weighted by molar-refractivity contribution is 7.18. The number of aromatic nitrogens is 2. The van der Waals surface area contributed by atoms with E-state index in [0.717, 1.165) is 36.1 Å². The average molecular weight is 418 g/mol. The van der Waals surface area contributed by atoms with E-state index >= 15 is 0 Å². The van der Waals surface area contributed by atoms with Crippen LogP contribution in [-0.4, -0.2) is 52.0 Å². The second kappa shape index (κ2) is 7.94. The van der Waals surface area contributed by atoms with Crippen molar-refractivity contribution in [3.63, 3.8) is 0 Å². The van der Waals surface area contributed by atoms with Crippen LogP contribution in [0.1, 0.15) is 42.5 Å². The third kappa shape index (κ3) is 3.89. The van der Waals surface area contributed by atoms with Gasteiger partial charge in [0.25, 0.3) is 11.5 Å². The zero-order chi connectivity index (χ0) is 20.5. The lowest BCUT2D eigenvalue weighted by Crippen LogP contribution is -2.41. The SMILES string of the molecule is C[C@@H](OC(=O)CCc1nc2sc3c(c2c(=O)[nH]1)CCCC3)C(=O)N1CCNC1=O. The number of urea groups is 1. The van der Waals surface area contributed by atoms with Gasteiger partial charge in [0.05, 0.1) is 11.8 Å². The topological polar surface area (TPSA) is 121 Å². The van der Waals surface area contributed by atoms with Gasteiger partial charge in [0.15, 0.2) is 6.10 Å². The van der Waals surface area contributed by atoms with Gasteiger partial charge >= 0.3 is 12.0 Å². The maximum atomic E-state index is 12.5. The van der Waals surface area contributed by atoms with Crippen LogP contribution in [0.15, 0.2) is 4.79 Å². The van der Waals surface area contributed by atoms with Crippen LogP contribution in [0.5, 0.6) is 0 Å². The number of hydrogen-bond donors (Lipinski definition) is 2. The quantitative estimate of drug-likeness (QED) is 0.706. The molecule has 0 radical (unpaired) electrons. The molecule has 3 amide bonds. The summed E-state index contributed by atoms with van der Waals surface area (Å²) in [4.78, 5) is 58.7. The predicted molar refractivity (Wildman–Crippen MR) is 106 cm³/mol. The Balaban J connectivity index is 1.39. The summed E-state index contributed by atoms with van der Waals surface area (Å²) < 4.78 is 5.15. The van der Waals surface area contributed by atoms with Crippen LogP contribution in [0.25, 0.3) is 10.2 Å². The number of esters is 1. The second-order valence-electron chi connectivity index (χ2n) is 7.26. The highest BCUT2D eigenvalue weighted by atomic mass is 32.1. The number of fused-ring (bicyclic) bond motifs is 3. The molecule has 2 aliphatic rings. The first-order valence-corrected chi connectivity index (χ1v) is 10.6. The van der Waals surface area contributed by atoms with E-state index in [2.05, 4.69) is 15.3 Å². The fourth-order valence-corrected chi connectivity index (χ4v) is 5.04. The van der Waals surface area contributed by atoms with Crippen molar-refractivity contribution in [1.82, 2.24) is 20.2 Å². The molecule has 9 nitrogen and oxygen atoms in total. The summed E-state index contributed by atoms with van der Waals surface area (Å²) in [6, 6.07) is -0.480. The number of nitrogens with one attached hydrogen (secondary N) is 2. The number of aromatic amines is 1. The lowest BCUT2D eigenvalue weighted by Gasteiger charge is -2.18. The largest absolute Gasteiger partial charge is 0.453 e. The Morgan fingerprint density at radius 2 is 2.07 bits per heavy atom. The maximum absolute atomic E-state index is 12.5. The Labute approximate surface area is 170 Å². The number of aryl methyl sites for hydroxylation is 3. The molecule has 1 fully saturated rings. The number of thiophene rings is 1. The van der Waals surface area contributed by atoms with Crippen LogP contribution in [-0.2, 0) is 33.6 Å². The minimum absolute atomic E-state index is 0.0245. The maximum Gasteiger partial charge on any atom is 0.324 e. The Kier molecular flexibility index (Phi) is 5.35.